The number of nitrogens with zero attached hydrogens (tertiary/aromatic N) is 3. The molecule has 0 radical (unpaired) electrons. The number of rotatable bonds is 5. The summed E-state index contributed by atoms with van der Waals surface area (Å²) in [5, 5.41) is 0. The second kappa shape index (κ2) is 5.50. The third kappa shape index (κ3) is 3.36. The van der Waals surface area contributed by atoms with Gasteiger partial charge in [0.25, 0.3) is 0 Å². The van der Waals surface area contributed by atoms with E-state index >= 15 is 0 Å². The maximum absolute atomic E-state index is 5.55. The van der Waals surface area contributed by atoms with E-state index in [9.17, 15) is 0 Å². The molecule has 2 N–H and O–H groups in total. The zero-order chi connectivity index (χ0) is 11.3. The smallest absolute Gasteiger partial charge is 0.221 e. The molecule has 0 amide bonds. The minimum absolute atomic E-state index is 0.301. The van der Waals surface area contributed by atoms with Crippen molar-refractivity contribution in [2.75, 3.05) is 30.9 Å². The van der Waals surface area contributed by atoms with E-state index < -0.39 is 0 Å². The van der Waals surface area contributed by atoms with Gasteiger partial charge in [0.15, 0.2) is 0 Å². The molecule has 0 saturated heterocycles. The molecule has 0 spiro atoms. The summed E-state index contributed by atoms with van der Waals surface area (Å²) in [6.07, 6.45) is 1.67. The van der Waals surface area contributed by atoms with Gasteiger partial charge in [-0.05, 0) is 19.9 Å². The van der Waals surface area contributed by atoms with E-state index in [4.69, 9.17) is 10.5 Å². The minimum Gasteiger partial charge on any atom is -0.383 e. The van der Waals surface area contributed by atoms with Crippen molar-refractivity contribution in [3.05, 3.63) is 12.3 Å². The van der Waals surface area contributed by atoms with Gasteiger partial charge in [0.1, 0.15) is 5.82 Å². The number of aromatic nitrogens is 2. The van der Waals surface area contributed by atoms with Crippen LogP contribution in [-0.2, 0) is 4.74 Å². The Kier molecular flexibility index (Phi) is 4.30. The van der Waals surface area contributed by atoms with Crippen LogP contribution in [0.5, 0.6) is 0 Å². The minimum atomic E-state index is 0.301. The maximum atomic E-state index is 5.55. The highest BCUT2D eigenvalue weighted by Gasteiger charge is 2.11. The van der Waals surface area contributed by atoms with Crippen molar-refractivity contribution in [1.29, 1.82) is 0 Å². The highest BCUT2D eigenvalue weighted by Crippen LogP contribution is 2.13. The van der Waals surface area contributed by atoms with Gasteiger partial charge in [-0.25, -0.2) is 4.98 Å². The molecule has 1 aromatic heterocycles. The summed E-state index contributed by atoms with van der Waals surface area (Å²) >= 11 is 0. The Morgan fingerprint density at radius 2 is 2.27 bits per heavy atom. The van der Waals surface area contributed by atoms with Gasteiger partial charge in [-0.3, -0.25) is 0 Å². The molecule has 0 bridgehead atoms. The standard InChI is InChI=1S/C10H18N4O/c1-8(2)14(6-7-15-3)9-4-5-12-10(11)13-9/h4-5,8H,6-7H2,1-3H3,(H2,11,12,13). The number of nitrogens with two attached hydrogens (primary N) is 1. The third-order valence-electron chi connectivity index (χ3n) is 2.11. The van der Waals surface area contributed by atoms with Crippen molar-refractivity contribution in [3.8, 4) is 0 Å². The van der Waals surface area contributed by atoms with Gasteiger partial charge in [0.05, 0.1) is 6.61 Å². The molecule has 1 rings (SSSR count). The Morgan fingerprint density at radius 1 is 1.53 bits per heavy atom. The van der Waals surface area contributed by atoms with E-state index in [1.54, 1.807) is 13.3 Å². The molecule has 0 aromatic carbocycles. The van der Waals surface area contributed by atoms with Crippen molar-refractivity contribution in [3.63, 3.8) is 0 Å². The first-order valence-corrected chi connectivity index (χ1v) is 4.99. The number of hydrogen-bond donors (Lipinski definition) is 1. The fourth-order valence-corrected chi connectivity index (χ4v) is 1.35. The normalized spacial score (nSPS) is 10.7. The maximum Gasteiger partial charge on any atom is 0.221 e. The predicted octanol–water partition coefficient (Wildman–Crippen LogP) is 0.920. The topological polar surface area (TPSA) is 64.3 Å². The quantitative estimate of drug-likeness (QED) is 0.783. The zero-order valence-electron chi connectivity index (χ0n) is 9.47. The molecule has 0 unspecified atom stereocenters. The lowest BCUT2D eigenvalue weighted by Crippen LogP contribution is -2.34. The van der Waals surface area contributed by atoms with Gasteiger partial charge in [0, 0.05) is 25.9 Å². The number of hydrogen-bond acceptors (Lipinski definition) is 5. The predicted molar refractivity (Wildman–Crippen MR) is 60.8 cm³/mol. The summed E-state index contributed by atoms with van der Waals surface area (Å²) in [4.78, 5) is 10.2. The highest BCUT2D eigenvalue weighted by molar-refractivity contribution is 5.41. The largest absolute Gasteiger partial charge is 0.383 e. The van der Waals surface area contributed by atoms with Crippen LogP contribution < -0.4 is 10.6 Å². The van der Waals surface area contributed by atoms with Crippen LogP contribution in [0, 0.1) is 0 Å². The molecule has 5 heteroatoms. The Hall–Kier alpha value is -1.36. The summed E-state index contributed by atoms with van der Waals surface area (Å²) < 4.78 is 5.06. The van der Waals surface area contributed by atoms with Gasteiger partial charge in [0.2, 0.25) is 5.95 Å². The van der Waals surface area contributed by atoms with Crippen LogP contribution >= 0.6 is 0 Å². The van der Waals surface area contributed by atoms with Crippen LogP contribution in [0.1, 0.15) is 13.8 Å². The molecule has 5 nitrogen and oxygen atoms in total. The first-order valence-electron chi connectivity index (χ1n) is 4.99. The second-order valence-electron chi connectivity index (χ2n) is 3.55. The molecule has 0 fully saturated rings. The van der Waals surface area contributed by atoms with Gasteiger partial charge in [-0.1, -0.05) is 0 Å². The van der Waals surface area contributed by atoms with E-state index in [0.717, 1.165) is 12.4 Å². The van der Waals surface area contributed by atoms with Crippen LogP contribution in [0.3, 0.4) is 0 Å². The average Bonchev–Trinajstić information content (AvgIpc) is 2.18. The molecule has 15 heavy (non-hydrogen) atoms. The van der Waals surface area contributed by atoms with E-state index in [0.29, 0.717) is 18.6 Å². The Labute approximate surface area is 90.3 Å². The van der Waals surface area contributed by atoms with Crippen molar-refractivity contribution in [2.24, 2.45) is 0 Å². The zero-order valence-corrected chi connectivity index (χ0v) is 9.47. The van der Waals surface area contributed by atoms with E-state index in [1.165, 1.54) is 0 Å². The Morgan fingerprint density at radius 3 is 2.80 bits per heavy atom. The molecule has 1 heterocycles. The molecule has 84 valence electrons. The van der Waals surface area contributed by atoms with E-state index in [1.807, 2.05) is 6.07 Å². The van der Waals surface area contributed by atoms with Crippen molar-refractivity contribution < 1.29 is 4.74 Å². The SMILES string of the molecule is COCCN(c1ccnc(N)n1)C(C)C. The van der Waals surface area contributed by atoms with E-state index in [-0.39, 0.29) is 0 Å². The third-order valence-corrected chi connectivity index (χ3v) is 2.11. The van der Waals surface area contributed by atoms with Crippen LogP contribution in [0.15, 0.2) is 12.3 Å². The van der Waals surface area contributed by atoms with Crippen LogP contribution in [0.2, 0.25) is 0 Å². The van der Waals surface area contributed by atoms with Crippen LogP contribution in [0.4, 0.5) is 11.8 Å². The highest BCUT2D eigenvalue weighted by atomic mass is 16.5. The Bertz CT molecular complexity index is 303. The number of methoxy groups -OCH3 is 1. The molecular weight excluding hydrogens is 192 g/mol. The summed E-state index contributed by atoms with van der Waals surface area (Å²) in [6, 6.07) is 2.21. The average molecular weight is 210 g/mol. The van der Waals surface area contributed by atoms with Crippen molar-refractivity contribution >= 4 is 11.8 Å². The molecular formula is C10H18N4O. The van der Waals surface area contributed by atoms with Crippen molar-refractivity contribution in [1.82, 2.24) is 9.97 Å². The first-order chi connectivity index (χ1) is 7.15. The number of ether oxygens (including phenoxy) is 1. The van der Waals surface area contributed by atoms with E-state index in [2.05, 4.69) is 28.7 Å². The molecule has 0 aliphatic carbocycles. The number of nitrogen functional groups attached to an aromatic ring is 1. The van der Waals surface area contributed by atoms with Crippen molar-refractivity contribution in [2.45, 2.75) is 19.9 Å². The fraction of sp³-hybridized carbons (Fsp3) is 0.600. The summed E-state index contributed by atoms with van der Waals surface area (Å²) in [5.74, 6) is 1.14. The molecule has 0 saturated carbocycles. The summed E-state index contributed by atoms with van der Waals surface area (Å²) in [7, 11) is 1.69. The van der Waals surface area contributed by atoms with Gasteiger partial charge >= 0.3 is 0 Å². The van der Waals surface area contributed by atoms with Gasteiger partial charge < -0.3 is 15.4 Å². The fourth-order valence-electron chi connectivity index (χ4n) is 1.35. The van der Waals surface area contributed by atoms with Crippen LogP contribution in [0.25, 0.3) is 0 Å². The molecule has 0 aliphatic heterocycles. The van der Waals surface area contributed by atoms with Gasteiger partial charge in [-0.15, -0.1) is 0 Å². The molecule has 1 aromatic rings. The summed E-state index contributed by atoms with van der Waals surface area (Å²) in [6.45, 7) is 5.68. The Balaban J connectivity index is 2.79. The number of anilines is 2. The molecule has 0 atom stereocenters. The monoisotopic (exact) mass is 210 g/mol. The summed E-state index contributed by atoms with van der Waals surface area (Å²) in [5.41, 5.74) is 5.55. The van der Waals surface area contributed by atoms with Crippen LogP contribution in [-0.4, -0.2) is 36.3 Å². The second-order valence-corrected chi connectivity index (χ2v) is 3.55. The lowest BCUT2D eigenvalue weighted by molar-refractivity contribution is 0.203. The first kappa shape index (κ1) is 11.7. The molecule has 0 aliphatic rings. The lowest BCUT2D eigenvalue weighted by atomic mass is 10.3. The lowest BCUT2D eigenvalue weighted by Gasteiger charge is -2.27. The van der Waals surface area contributed by atoms with Gasteiger partial charge in [-0.2, -0.15) is 4.98 Å².